The van der Waals surface area contributed by atoms with Crippen LogP contribution in [0.2, 0.25) is 0 Å². The molecule has 2 aliphatic heterocycles. The van der Waals surface area contributed by atoms with E-state index in [2.05, 4.69) is 32.6 Å². The number of anilines is 2. The average molecular weight is 536 g/mol. The van der Waals surface area contributed by atoms with Crippen molar-refractivity contribution in [1.82, 2.24) is 24.6 Å². The highest BCUT2D eigenvalue weighted by Gasteiger charge is 2.42. The predicted molar refractivity (Wildman–Crippen MR) is 143 cm³/mol. The van der Waals surface area contributed by atoms with Crippen molar-refractivity contribution in [1.29, 1.82) is 0 Å². The Morgan fingerprint density at radius 1 is 1.21 bits per heavy atom. The number of aryl methyl sites for hydroxylation is 1. The Kier molecular flexibility index (Phi) is 7.64. The maximum absolute atomic E-state index is 12.8. The van der Waals surface area contributed by atoms with Gasteiger partial charge in [-0.1, -0.05) is 24.6 Å². The fourth-order valence-corrected chi connectivity index (χ4v) is 4.57. The van der Waals surface area contributed by atoms with E-state index in [1.54, 1.807) is 30.4 Å². The summed E-state index contributed by atoms with van der Waals surface area (Å²) in [7, 11) is 1.72. The summed E-state index contributed by atoms with van der Waals surface area (Å²) in [6.45, 7) is 6.30. The minimum atomic E-state index is -0.661. The highest BCUT2D eigenvalue weighted by atomic mass is 16.6. The van der Waals surface area contributed by atoms with E-state index in [0.29, 0.717) is 43.6 Å². The van der Waals surface area contributed by atoms with E-state index < -0.39 is 6.10 Å². The van der Waals surface area contributed by atoms with Crippen LogP contribution in [0.25, 0.3) is 0 Å². The van der Waals surface area contributed by atoms with Crippen LogP contribution in [-0.2, 0) is 20.9 Å². The number of carbonyl (C=O) groups is 2. The molecular formula is C27H33N7O5. The SMILES string of the molecule is CNc1nccc(O[C@@H]2CO[C@@H](C(=O)Nc3cnn(CC(=O)N4CC(C)(COc5ccc(C)cc5)C4)c3)C2)n1. The smallest absolute Gasteiger partial charge is 0.253 e. The quantitative estimate of drug-likeness (QED) is 0.401. The van der Waals surface area contributed by atoms with Gasteiger partial charge in [0.2, 0.25) is 17.7 Å². The molecule has 2 aromatic heterocycles. The zero-order valence-corrected chi connectivity index (χ0v) is 22.3. The molecule has 0 radical (unpaired) electrons. The normalized spacial score (nSPS) is 19.7. The summed E-state index contributed by atoms with van der Waals surface area (Å²) in [4.78, 5) is 35.5. The topological polar surface area (TPSA) is 133 Å². The Labute approximate surface area is 226 Å². The second-order valence-electron chi connectivity index (χ2n) is 10.3. The average Bonchev–Trinajstić information content (AvgIpc) is 3.56. The summed E-state index contributed by atoms with van der Waals surface area (Å²) < 4.78 is 18.9. The van der Waals surface area contributed by atoms with Crippen molar-refractivity contribution in [3.63, 3.8) is 0 Å². The first kappa shape index (κ1) is 26.4. The highest BCUT2D eigenvalue weighted by molar-refractivity contribution is 5.94. The number of hydrogen-bond donors (Lipinski definition) is 2. The number of carbonyl (C=O) groups excluding carboxylic acids is 2. The van der Waals surface area contributed by atoms with E-state index in [-0.39, 0.29) is 36.5 Å². The zero-order valence-electron chi connectivity index (χ0n) is 22.3. The first-order valence-corrected chi connectivity index (χ1v) is 12.9. The van der Waals surface area contributed by atoms with E-state index in [9.17, 15) is 9.59 Å². The molecule has 4 heterocycles. The molecule has 2 fully saturated rings. The van der Waals surface area contributed by atoms with Crippen molar-refractivity contribution in [3.05, 3.63) is 54.5 Å². The van der Waals surface area contributed by atoms with Gasteiger partial charge in [-0.05, 0) is 19.1 Å². The zero-order chi connectivity index (χ0) is 27.4. The molecule has 0 unspecified atom stereocenters. The molecule has 0 bridgehead atoms. The van der Waals surface area contributed by atoms with Crippen molar-refractivity contribution < 1.29 is 23.8 Å². The molecule has 5 rings (SSSR count). The van der Waals surface area contributed by atoms with Gasteiger partial charge in [0.05, 0.1) is 25.1 Å². The molecule has 2 atom stereocenters. The van der Waals surface area contributed by atoms with Gasteiger partial charge in [0.1, 0.15) is 24.5 Å². The lowest BCUT2D eigenvalue weighted by Gasteiger charge is -2.47. The molecular weight excluding hydrogens is 502 g/mol. The Balaban J connectivity index is 1.04. The lowest BCUT2D eigenvalue weighted by molar-refractivity contribution is -0.145. The summed E-state index contributed by atoms with van der Waals surface area (Å²) in [5.41, 5.74) is 1.59. The van der Waals surface area contributed by atoms with E-state index in [1.165, 1.54) is 16.4 Å². The lowest BCUT2D eigenvalue weighted by atomic mass is 9.83. The van der Waals surface area contributed by atoms with Crippen LogP contribution in [0.3, 0.4) is 0 Å². The number of likely N-dealkylation sites (tertiary alicyclic amines) is 1. The second-order valence-corrected chi connectivity index (χ2v) is 10.3. The molecule has 12 nitrogen and oxygen atoms in total. The van der Waals surface area contributed by atoms with E-state index in [0.717, 1.165) is 5.75 Å². The molecule has 3 aromatic rings. The van der Waals surface area contributed by atoms with Gasteiger partial charge >= 0.3 is 0 Å². The highest BCUT2D eigenvalue weighted by Crippen LogP contribution is 2.31. The number of aromatic nitrogens is 4. The summed E-state index contributed by atoms with van der Waals surface area (Å²) in [6, 6.07) is 9.60. The number of ether oxygens (including phenoxy) is 3. The lowest BCUT2D eigenvalue weighted by Crippen LogP contribution is -2.60. The third-order valence-corrected chi connectivity index (χ3v) is 6.70. The predicted octanol–water partition coefficient (Wildman–Crippen LogP) is 2.13. The number of benzene rings is 1. The third-order valence-electron chi connectivity index (χ3n) is 6.70. The fourth-order valence-electron chi connectivity index (χ4n) is 4.57. The molecule has 39 heavy (non-hydrogen) atoms. The van der Waals surface area contributed by atoms with Crippen molar-refractivity contribution in [2.45, 2.75) is 39.0 Å². The molecule has 2 aliphatic rings. The Morgan fingerprint density at radius 2 is 2.00 bits per heavy atom. The van der Waals surface area contributed by atoms with Gasteiger partial charge in [0.25, 0.3) is 5.91 Å². The molecule has 2 amide bonds. The number of nitrogens with zero attached hydrogens (tertiary/aromatic N) is 5. The summed E-state index contributed by atoms with van der Waals surface area (Å²) >= 11 is 0. The van der Waals surface area contributed by atoms with Crippen molar-refractivity contribution in [2.75, 3.05) is 44.0 Å². The third kappa shape index (κ3) is 6.63. The maximum Gasteiger partial charge on any atom is 0.253 e. The van der Waals surface area contributed by atoms with Gasteiger partial charge in [0.15, 0.2) is 0 Å². The van der Waals surface area contributed by atoms with Gasteiger partial charge in [-0.2, -0.15) is 10.1 Å². The van der Waals surface area contributed by atoms with Gasteiger partial charge < -0.3 is 29.7 Å². The van der Waals surface area contributed by atoms with Crippen LogP contribution in [-0.4, -0.2) is 82.0 Å². The molecule has 2 saturated heterocycles. The number of rotatable bonds is 10. The summed E-state index contributed by atoms with van der Waals surface area (Å²) in [6.07, 6.45) is 4.18. The first-order chi connectivity index (χ1) is 18.8. The Bertz CT molecular complexity index is 1310. The van der Waals surface area contributed by atoms with Crippen LogP contribution in [0.4, 0.5) is 11.6 Å². The fraction of sp³-hybridized carbons (Fsp3) is 0.444. The molecule has 0 spiro atoms. The number of amides is 2. The Morgan fingerprint density at radius 3 is 2.77 bits per heavy atom. The van der Waals surface area contributed by atoms with Crippen LogP contribution < -0.4 is 20.1 Å². The summed E-state index contributed by atoms with van der Waals surface area (Å²) in [5, 5.41) is 9.89. The molecule has 1 aromatic carbocycles. The van der Waals surface area contributed by atoms with E-state index in [4.69, 9.17) is 14.2 Å². The van der Waals surface area contributed by atoms with E-state index >= 15 is 0 Å². The molecule has 0 saturated carbocycles. The van der Waals surface area contributed by atoms with Crippen LogP contribution >= 0.6 is 0 Å². The van der Waals surface area contributed by atoms with Crippen LogP contribution in [0.15, 0.2) is 48.9 Å². The van der Waals surface area contributed by atoms with Gasteiger partial charge in [-0.25, -0.2) is 4.98 Å². The summed E-state index contributed by atoms with van der Waals surface area (Å²) in [5.74, 6) is 1.37. The van der Waals surface area contributed by atoms with Crippen molar-refractivity contribution >= 4 is 23.5 Å². The monoisotopic (exact) mass is 535 g/mol. The van der Waals surface area contributed by atoms with E-state index in [1.807, 2.05) is 31.2 Å². The van der Waals surface area contributed by atoms with Crippen LogP contribution in [0.1, 0.15) is 18.9 Å². The van der Waals surface area contributed by atoms with Crippen LogP contribution in [0.5, 0.6) is 11.6 Å². The van der Waals surface area contributed by atoms with Gasteiger partial charge in [0, 0.05) is 50.4 Å². The van der Waals surface area contributed by atoms with Crippen LogP contribution in [0, 0.1) is 12.3 Å². The molecule has 206 valence electrons. The van der Waals surface area contributed by atoms with Crippen molar-refractivity contribution in [2.24, 2.45) is 5.41 Å². The maximum atomic E-state index is 12.8. The second kappa shape index (κ2) is 11.3. The largest absolute Gasteiger partial charge is 0.493 e. The molecule has 2 N–H and O–H groups in total. The minimum absolute atomic E-state index is 0.0333. The van der Waals surface area contributed by atoms with Gasteiger partial charge in [-0.3, -0.25) is 14.3 Å². The standard InChI is InChI=1S/C27H33N7O5/c1-18-4-6-20(7-5-18)38-17-27(2)15-33(16-27)24(35)13-34-12-19(11-30-34)31-25(36)22-10-21(14-37-22)39-23-8-9-29-26(28-3)32-23/h4-9,11-12,21-22H,10,13-17H2,1-3H3,(H,31,36)(H,28,29,32)/t21-,22+/m0/s1. The molecule has 0 aliphatic carbocycles. The Hall–Kier alpha value is -4.19. The molecule has 12 heteroatoms. The van der Waals surface area contributed by atoms with Crippen molar-refractivity contribution in [3.8, 4) is 11.6 Å². The minimum Gasteiger partial charge on any atom is -0.493 e. The first-order valence-electron chi connectivity index (χ1n) is 12.9. The van der Waals surface area contributed by atoms with Gasteiger partial charge in [-0.15, -0.1) is 0 Å². The number of nitrogens with one attached hydrogen (secondary N) is 2. The number of hydrogen-bond acceptors (Lipinski definition) is 9.